The molecule has 0 spiro atoms. The van der Waals surface area contributed by atoms with Crippen LogP contribution in [0.5, 0.6) is 5.75 Å². The van der Waals surface area contributed by atoms with Gasteiger partial charge in [-0.15, -0.1) is 0 Å². The Hall–Kier alpha value is -2.03. The summed E-state index contributed by atoms with van der Waals surface area (Å²) in [6.07, 6.45) is 0. The molecule has 3 nitrogen and oxygen atoms in total. The lowest BCUT2D eigenvalue weighted by Crippen LogP contribution is -1.94. The van der Waals surface area contributed by atoms with Gasteiger partial charge in [0, 0.05) is 17.0 Å². The molecule has 1 N–H and O–H groups in total. The third-order valence-corrected chi connectivity index (χ3v) is 3.17. The van der Waals surface area contributed by atoms with Crippen molar-refractivity contribution in [1.29, 1.82) is 0 Å². The van der Waals surface area contributed by atoms with Gasteiger partial charge in [0.1, 0.15) is 5.75 Å². The van der Waals surface area contributed by atoms with Crippen molar-refractivity contribution in [2.24, 2.45) is 0 Å². The third kappa shape index (κ3) is 2.04. The summed E-state index contributed by atoms with van der Waals surface area (Å²) in [5.74, 6) is 0.924. The lowest BCUT2D eigenvalue weighted by molar-refractivity contribution is 0.101. The molecule has 2 rings (SSSR count). The summed E-state index contributed by atoms with van der Waals surface area (Å²) in [4.78, 5) is 14.9. The van der Waals surface area contributed by atoms with Gasteiger partial charge < -0.3 is 9.72 Å². The first kappa shape index (κ1) is 12.4. The first-order valence-electron chi connectivity index (χ1n) is 5.89. The van der Waals surface area contributed by atoms with Crippen LogP contribution in [0.3, 0.4) is 0 Å². The number of Topliss-reactive ketones (excluding diaryl/α,β-unsaturated/α-hetero) is 1. The molecule has 2 aromatic rings. The van der Waals surface area contributed by atoms with Gasteiger partial charge in [-0.05, 0) is 56.2 Å². The summed E-state index contributed by atoms with van der Waals surface area (Å²) in [7, 11) is 1.65. The van der Waals surface area contributed by atoms with Gasteiger partial charge in [-0.25, -0.2) is 0 Å². The van der Waals surface area contributed by atoms with Crippen molar-refractivity contribution >= 4 is 5.78 Å². The number of aryl methyl sites for hydroxylation is 1. The van der Waals surface area contributed by atoms with Crippen LogP contribution in [0.25, 0.3) is 11.3 Å². The van der Waals surface area contributed by atoms with Crippen LogP contribution >= 0.6 is 0 Å². The summed E-state index contributed by atoms with van der Waals surface area (Å²) >= 11 is 0. The Morgan fingerprint density at radius 3 is 2.22 bits per heavy atom. The van der Waals surface area contributed by atoms with E-state index in [-0.39, 0.29) is 5.78 Å². The number of nitrogens with one attached hydrogen (secondary N) is 1. The maximum Gasteiger partial charge on any atom is 0.161 e. The molecule has 0 aliphatic carbocycles. The normalized spacial score (nSPS) is 10.4. The molecule has 0 fully saturated rings. The van der Waals surface area contributed by atoms with E-state index in [0.29, 0.717) is 0 Å². The molecule has 0 unspecified atom stereocenters. The number of carbonyl (C=O) groups is 1. The fraction of sp³-hybridized carbons (Fsp3) is 0.267. The highest BCUT2D eigenvalue weighted by molar-refractivity contribution is 5.98. The van der Waals surface area contributed by atoms with E-state index in [1.54, 1.807) is 14.0 Å². The van der Waals surface area contributed by atoms with Crippen LogP contribution in [-0.2, 0) is 0 Å². The molecular formula is C15H17NO2. The number of hydrogen-bond donors (Lipinski definition) is 1. The Balaban J connectivity index is 2.50. The highest BCUT2D eigenvalue weighted by Crippen LogP contribution is 2.28. The molecule has 0 aliphatic rings. The van der Waals surface area contributed by atoms with Crippen LogP contribution in [0.4, 0.5) is 0 Å². The van der Waals surface area contributed by atoms with Gasteiger partial charge in [-0.1, -0.05) is 0 Å². The molecule has 94 valence electrons. The molecule has 0 amide bonds. The summed E-state index contributed by atoms with van der Waals surface area (Å²) in [6.45, 7) is 5.50. The fourth-order valence-corrected chi connectivity index (χ4v) is 2.32. The van der Waals surface area contributed by atoms with Crippen molar-refractivity contribution in [3.63, 3.8) is 0 Å². The van der Waals surface area contributed by atoms with Crippen molar-refractivity contribution in [3.8, 4) is 17.0 Å². The maximum atomic E-state index is 11.6. The fourth-order valence-electron chi connectivity index (χ4n) is 2.32. The first-order valence-corrected chi connectivity index (χ1v) is 5.89. The smallest absolute Gasteiger partial charge is 0.161 e. The van der Waals surface area contributed by atoms with Gasteiger partial charge in [-0.2, -0.15) is 0 Å². The second-order valence-corrected chi connectivity index (χ2v) is 4.41. The predicted octanol–water partition coefficient (Wildman–Crippen LogP) is 3.51. The van der Waals surface area contributed by atoms with Crippen molar-refractivity contribution in [3.05, 3.63) is 41.1 Å². The minimum atomic E-state index is 0.0982. The maximum absolute atomic E-state index is 11.6. The molecular weight excluding hydrogens is 226 g/mol. The van der Waals surface area contributed by atoms with Gasteiger partial charge in [0.15, 0.2) is 5.78 Å². The second-order valence-electron chi connectivity index (χ2n) is 4.41. The largest absolute Gasteiger partial charge is 0.497 e. The van der Waals surface area contributed by atoms with E-state index in [1.807, 2.05) is 38.1 Å². The van der Waals surface area contributed by atoms with E-state index in [0.717, 1.165) is 33.8 Å². The van der Waals surface area contributed by atoms with Crippen molar-refractivity contribution in [1.82, 2.24) is 4.98 Å². The number of ketones is 1. The zero-order valence-electron chi connectivity index (χ0n) is 11.1. The van der Waals surface area contributed by atoms with E-state index in [2.05, 4.69) is 4.98 Å². The first-order chi connectivity index (χ1) is 8.54. The minimum absolute atomic E-state index is 0.0982. The Bertz CT molecular complexity index is 579. The standard InChI is InChI=1S/C15H17NO2/c1-9-14(11(3)17)10(2)16-15(9)12-5-7-13(18-4)8-6-12/h5-8,16H,1-4H3. The van der Waals surface area contributed by atoms with Gasteiger partial charge in [0.2, 0.25) is 0 Å². The summed E-state index contributed by atoms with van der Waals surface area (Å²) in [6, 6.07) is 7.80. The summed E-state index contributed by atoms with van der Waals surface area (Å²) in [5, 5.41) is 0. The highest BCUT2D eigenvalue weighted by Gasteiger charge is 2.15. The Labute approximate surface area is 107 Å². The van der Waals surface area contributed by atoms with Crippen LogP contribution in [-0.4, -0.2) is 17.9 Å². The molecule has 0 saturated heterocycles. The number of hydrogen-bond acceptors (Lipinski definition) is 2. The number of rotatable bonds is 3. The Kier molecular flexibility index (Phi) is 3.24. The van der Waals surface area contributed by atoms with Gasteiger partial charge in [0.05, 0.1) is 7.11 Å². The zero-order chi connectivity index (χ0) is 13.3. The SMILES string of the molecule is COc1ccc(-c2[nH]c(C)c(C(C)=O)c2C)cc1. The lowest BCUT2D eigenvalue weighted by Gasteiger charge is -2.03. The van der Waals surface area contributed by atoms with Crippen LogP contribution in [0, 0.1) is 13.8 Å². The number of H-pyrrole nitrogens is 1. The van der Waals surface area contributed by atoms with Crippen LogP contribution < -0.4 is 4.74 Å². The molecule has 3 heteroatoms. The number of aromatic amines is 1. The Morgan fingerprint density at radius 2 is 1.78 bits per heavy atom. The van der Waals surface area contributed by atoms with Crippen molar-refractivity contribution in [2.45, 2.75) is 20.8 Å². The van der Waals surface area contributed by atoms with E-state index < -0.39 is 0 Å². The zero-order valence-corrected chi connectivity index (χ0v) is 11.1. The molecule has 0 radical (unpaired) electrons. The number of aromatic nitrogens is 1. The molecule has 18 heavy (non-hydrogen) atoms. The number of ether oxygens (including phenoxy) is 1. The second kappa shape index (κ2) is 4.69. The van der Waals surface area contributed by atoms with Crippen LogP contribution in [0.15, 0.2) is 24.3 Å². The molecule has 0 atom stereocenters. The third-order valence-electron chi connectivity index (χ3n) is 3.17. The average Bonchev–Trinajstić information content (AvgIpc) is 2.65. The molecule has 0 bridgehead atoms. The van der Waals surface area contributed by atoms with E-state index in [1.165, 1.54) is 0 Å². The van der Waals surface area contributed by atoms with Crippen LogP contribution in [0.1, 0.15) is 28.5 Å². The quantitative estimate of drug-likeness (QED) is 0.838. The number of methoxy groups -OCH3 is 1. The minimum Gasteiger partial charge on any atom is -0.497 e. The van der Waals surface area contributed by atoms with Crippen molar-refractivity contribution < 1.29 is 9.53 Å². The van der Waals surface area contributed by atoms with Gasteiger partial charge in [0.25, 0.3) is 0 Å². The van der Waals surface area contributed by atoms with E-state index in [9.17, 15) is 4.79 Å². The number of carbonyl (C=O) groups excluding carboxylic acids is 1. The highest BCUT2D eigenvalue weighted by atomic mass is 16.5. The summed E-state index contributed by atoms with van der Waals surface area (Å²) in [5.41, 5.74) is 4.78. The van der Waals surface area contributed by atoms with Gasteiger partial charge >= 0.3 is 0 Å². The van der Waals surface area contributed by atoms with Crippen molar-refractivity contribution in [2.75, 3.05) is 7.11 Å². The topological polar surface area (TPSA) is 42.1 Å². The molecule has 0 saturated carbocycles. The van der Waals surface area contributed by atoms with E-state index >= 15 is 0 Å². The summed E-state index contributed by atoms with van der Waals surface area (Å²) < 4.78 is 5.14. The number of benzene rings is 1. The molecule has 0 aliphatic heterocycles. The van der Waals surface area contributed by atoms with Crippen LogP contribution in [0.2, 0.25) is 0 Å². The van der Waals surface area contributed by atoms with Gasteiger partial charge in [-0.3, -0.25) is 4.79 Å². The molecule has 1 aromatic carbocycles. The predicted molar refractivity (Wildman–Crippen MR) is 72.3 cm³/mol. The van der Waals surface area contributed by atoms with E-state index in [4.69, 9.17) is 4.74 Å². The monoisotopic (exact) mass is 243 g/mol. The lowest BCUT2D eigenvalue weighted by atomic mass is 10.0. The molecule has 1 aromatic heterocycles. The average molecular weight is 243 g/mol. The molecule has 1 heterocycles. The Morgan fingerprint density at radius 1 is 1.17 bits per heavy atom.